The van der Waals surface area contributed by atoms with Crippen molar-refractivity contribution >= 4 is 5.82 Å². The minimum Gasteiger partial charge on any atom is -0.349 e. The summed E-state index contributed by atoms with van der Waals surface area (Å²) in [4.78, 5) is 11.0. The fraction of sp³-hybridized carbons (Fsp3) is 0.538. The summed E-state index contributed by atoms with van der Waals surface area (Å²) in [7, 11) is 0. The van der Waals surface area contributed by atoms with Crippen LogP contribution in [0.5, 0.6) is 0 Å². The van der Waals surface area contributed by atoms with Crippen LogP contribution in [-0.4, -0.2) is 29.1 Å². The van der Waals surface area contributed by atoms with Gasteiger partial charge in [-0.2, -0.15) is 0 Å². The lowest BCUT2D eigenvalue weighted by atomic mass is 10.3. The van der Waals surface area contributed by atoms with Gasteiger partial charge < -0.3 is 10.2 Å². The summed E-state index contributed by atoms with van der Waals surface area (Å²) in [6, 6.07) is 0.391. The highest BCUT2D eigenvalue weighted by molar-refractivity contribution is 5.37. The van der Waals surface area contributed by atoms with E-state index in [0.717, 1.165) is 31.1 Å². The van der Waals surface area contributed by atoms with E-state index >= 15 is 0 Å². The zero-order valence-corrected chi connectivity index (χ0v) is 11.0. The average Bonchev–Trinajstić information content (AvgIpc) is 2.34. The fourth-order valence-electron chi connectivity index (χ4n) is 1.55. The van der Waals surface area contributed by atoms with Gasteiger partial charge in [0.05, 0.1) is 18.1 Å². The number of anilines is 1. The molecular weight excluding hydrogens is 212 g/mol. The Morgan fingerprint density at radius 2 is 2.18 bits per heavy atom. The van der Waals surface area contributed by atoms with Gasteiger partial charge in [0, 0.05) is 19.1 Å². The SMILES string of the molecule is C=CCN(c1cnc(CNCC)cn1)C(C)C. The van der Waals surface area contributed by atoms with E-state index in [1.54, 1.807) is 0 Å². The van der Waals surface area contributed by atoms with Crippen LogP contribution in [0.3, 0.4) is 0 Å². The third-order valence-electron chi connectivity index (χ3n) is 2.49. The Kier molecular flexibility index (Phi) is 5.63. The van der Waals surface area contributed by atoms with Gasteiger partial charge in [0.15, 0.2) is 0 Å². The van der Waals surface area contributed by atoms with E-state index in [-0.39, 0.29) is 0 Å². The number of nitrogens with zero attached hydrogens (tertiary/aromatic N) is 3. The van der Waals surface area contributed by atoms with Crippen LogP contribution in [0.25, 0.3) is 0 Å². The van der Waals surface area contributed by atoms with E-state index in [1.807, 2.05) is 18.5 Å². The normalized spacial score (nSPS) is 10.6. The molecule has 0 saturated carbocycles. The Bertz CT molecular complexity index is 332. The second-order valence-corrected chi connectivity index (χ2v) is 4.18. The van der Waals surface area contributed by atoms with Crippen molar-refractivity contribution in [1.29, 1.82) is 0 Å². The van der Waals surface area contributed by atoms with Crippen molar-refractivity contribution in [3.63, 3.8) is 0 Å². The molecule has 0 aliphatic rings. The zero-order valence-electron chi connectivity index (χ0n) is 11.0. The maximum atomic E-state index is 4.45. The topological polar surface area (TPSA) is 41.1 Å². The van der Waals surface area contributed by atoms with E-state index in [1.165, 1.54) is 0 Å². The van der Waals surface area contributed by atoms with Gasteiger partial charge in [-0.15, -0.1) is 6.58 Å². The molecule has 4 heteroatoms. The molecule has 4 nitrogen and oxygen atoms in total. The summed E-state index contributed by atoms with van der Waals surface area (Å²) in [5.74, 6) is 0.903. The quantitative estimate of drug-likeness (QED) is 0.733. The molecule has 0 bridgehead atoms. The van der Waals surface area contributed by atoms with Crippen LogP contribution in [0.15, 0.2) is 25.0 Å². The molecular formula is C13H22N4. The molecule has 1 aromatic rings. The number of nitrogens with one attached hydrogen (secondary N) is 1. The van der Waals surface area contributed by atoms with Crippen LogP contribution in [0.1, 0.15) is 26.5 Å². The van der Waals surface area contributed by atoms with Gasteiger partial charge in [-0.05, 0) is 20.4 Å². The van der Waals surface area contributed by atoms with E-state index in [0.29, 0.717) is 6.04 Å². The molecule has 1 rings (SSSR count). The van der Waals surface area contributed by atoms with E-state index in [9.17, 15) is 0 Å². The number of hydrogen-bond donors (Lipinski definition) is 1. The molecule has 0 spiro atoms. The highest BCUT2D eigenvalue weighted by atomic mass is 15.2. The minimum atomic E-state index is 0.391. The average molecular weight is 234 g/mol. The van der Waals surface area contributed by atoms with E-state index in [4.69, 9.17) is 0 Å². The zero-order chi connectivity index (χ0) is 12.7. The second-order valence-electron chi connectivity index (χ2n) is 4.18. The van der Waals surface area contributed by atoms with Crippen LogP contribution in [0, 0.1) is 0 Å². The van der Waals surface area contributed by atoms with Gasteiger partial charge in [-0.1, -0.05) is 13.0 Å². The molecule has 1 N–H and O–H groups in total. The molecule has 0 fully saturated rings. The van der Waals surface area contributed by atoms with Crippen molar-refractivity contribution in [3.8, 4) is 0 Å². The summed E-state index contributed by atoms with van der Waals surface area (Å²) in [5.41, 5.74) is 0.970. The van der Waals surface area contributed by atoms with Crippen LogP contribution in [-0.2, 0) is 6.54 Å². The molecule has 0 unspecified atom stereocenters. The Labute approximate surface area is 104 Å². The Morgan fingerprint density at radius 3 is 2.65 bits per heavy atom. The van der Waals surface area contributed by atoms with Crippen molar-refractivity contribution in [3.05, 3.63) is 30.7 Å². The van der Waals surface area contributed by atoms with Gasteiger partial charge in [-0.25, -0.2) is 4.98 Å². The lowest BCUT2D eigenvalue weighted by molar-refractivity contribution is 0.692. The van der Waals surface area contributed by atoms with Gasteiger partial charge in [-0.3, -0.25) is 4.98 Å². The Hall–Kier alpha value is -1.42. The van der Waals surface area contributed by atoms with E-state index < -0.39 is 0 Å². The third kappa shape index (κ3) is 4.15. The summed E-state index contributed by atoms with van der Waals surface area (Å²) in [6.45, 7) is 12.6. The van der Waals surface area contributed by atoms with Crippen LogP contribution >= 0.6 is 0 Å². The fourth-order valence-corrected chi connectivity index (χ4v) is 1.55. The Morgan fingerprint density at radius 1 is 1.41 bits per heavy atom. The molecule has 0 aromatic carbocycles. The van der Waals surface area contributed by atoms with Crippen molar-refractivity contribution in [2.45, 2.75) is 33.4 Å². The first-order chi connectivity index (χ1) is 8.19. The van der Waals surface area contributed by atoms with Crippen LogP contribution in [0.2, 0.25) is 0 Å². The van der Waals surface area contributed by atoms with Crippen LogP contribution < -0.4 is 10.2 Å². The summed E-state index contributed by atoms with van der Waals surface area (Å²) in [6.07, 6.45) is 5.54. The summed E-state index contributed by atoms with van der Waals surface area (Å²) < 4.78 is 0. The predicted octanol–water partition coefficient (Wildman–Crippen LogP) is 1.99. The van der Waals surface area contributed by atoms with E-state index in [2.05, 4.69) is 47.5 Å². The monoisotopic (exact) mass is 234 g/mol. The van der Waals surface area contributed by atoms with Crippen molar-refractivity contribution in [1.82, 2.24) is 15.3 Å². The maximum absolute atomic E-state index is 4.45. The van der Waals surface area contributed by atoms with Crippen molar-refractivity contribution in [2.75, 3.05) is 18.0 Å². The lowest BCUT2D eigenvalue weighted by Gasteiger charge is -2.26. The minimum absolute atomic E-state index is 0.391. The molecule has 0 atom stereocenters. The second kappa shape index (κ2) is 7.01. The molecule has 94 valence electrons. The molecule has 17 heavy (non-hydrogen) atoms. The molecule has 0 aliphatic carbocycles. The van der Waals surface area contributed by atoms with Gasteiger partial charge in [0.2, 0.25) is 0 Å². The standard InChI is InChI=1S/C13H22N4/c1-5-7-17(11(3)4)13-10-15-12(9-16-13)8-14-6-2/h5,9-11,14H,1,6-8H2,2-4H3. The maximum Gasteiger partial charge on any atom is 0.147 e. The van der Waals surface area contributed by atoms with Gasteiger partial charge >= 0.3 is 0 Å². The highest BCUT2D eigenvalue weighted by Gasteiger charge is 2.10. The first kappa shape index (κ1) is 13.6. The summed E-state index contributed by atoms with van der Waals surface area (Å²) >= 11 is 0. The number of rotatable bonds is 7. The highest BCUT2D eigenvalue weighted by Crippen LogP contribution is 2.12. The molecule has 0 saturated heterocycles. The number of hydrogen-bond acceptors (Lipinski definition) is 4. The third-order valence-corrected chi connectivity index (χ3v) is 2.49. The first-order valence-corrected chi connectivity index (χ1v) is 6.08. The van der Waals surface area contributed by atoms with Crippen molar-refractivity contribution < 1.29 is 0 Å². The molecule has 0 radical (unpaired) electrons. The van der Waals surface area contributed by atoms with Gasteiger partial charge in [0.1, 0.15) is 5.82 Å². The first-order valence-electron chi connectivity index (χ1n) is 6.08. The number of aromatic nitrogens is 2. The smallest absolute Gasteiger partial charge is 0.147 e. The molecule has 0 amide bonds. The lowest BCUT2D eigenvalue weighted by Crippen LogP contribution is -2.31. The largest absolute Gasteiger partial charge is 0.349 e. The van der Waals surface area contributed by atoms with Crippen LogP contribution in [0.4, 0.5) is 5.82 Å². The Balaban J connectivity index is 2.73. The van der Waals surface area contributed by atoms with Crippen molar-refractivity contribution in [2.24, 2.45) is 0 Å². The summed E-state index contributed by atoms with van der Waals surface area (Å²) in [5, 5.41) is 3.23. The molecule has 0 aliphatic heterocycles. The molecule has 1 heterocycles. The van der Waals surface area contributed by atoms with Gasteiger partial charge in [0.25, 0.3) is 0 Å². The predicted molar refractivity (Wildman–Crippen MR) is 72.1 cm³/mol. The molecule has 1 aromatic heterocycles.